The number of thioether (sulfide) groups is 1. The third-order valence-corrected chi connectivity index (χ3v) is 6.62. The van der Waals surface area contributed by atoms with Gasteiger partial charge in [0, 0.05) is 22.7 Å². The topological polar surface area (TPSA) is 79.6 Å². The van der Waals surface area contributed by atoms with Crippen molar-refractivity contribution in [3.05, 3.63) is 102 Å². The van der Waals surface area contributed by atoms with Crippen LogP contribution in [-0.2, 0) is 0 Å². The molecule has 0 spiro atoms. The molecule has 0 bridgehead atoms. The zero-order valence-electron chi connectivity index (χ0n) is 16.9. The molecule has 0 radical (unpaired) electrons. The van der Waals surface area contributed by atoms with Gasteiger partial charge in [-0.25, -0.2) is 0 Å². The van der Waals surface area contributed by atoms with Gasteiger partial charge >= 0.3 is 0 Å². The number of aryl methyl sites for hydroxylation is 1. The van der Waals surface area contributed by atoms with Gasteiger partial charge in [0.1, 0.15) is 0 Å². The van der Waals surface area contributed by atoms with Gasteiger partial charge in [-0.05, 0) is 40.6 Å². The first-order valence-corrected chi connectivity index (χ1v) is 10.9. The van der Waals surface area contributed by atoms with Crippen LogP contribution in [0.25, 0.3) is 16.6 Å². The number of para-hydroxylation sites is 2. The van der Waals surface area contributed by atoms with Gasteiger partial charge in [0.2, 0.25) is 5.16 Å². The summed E-state index contributed by atoms with van der Waals surface area (Å²) < 4.78 is 1.73. The smallest absolute Gasteiger partial charge is 0.214 e. The summed E-state index contributed by atoms with van der Waals surface area (Å²) in [4.78, 5) is 3.26. The second-order valence-electron chi connectivity index (χ2n) is 7.34. The van der Waals surface area contributed by atoms with E-state index in [0.29, 0.717) is 5.16 Å². The number of tetrazole rings is 1. The van der Waals surface area contributed by atoms with Crippen molar-refractivity contribution in [2.24, 2.45) is 0 Å². The molecule has 2 unspecified atom stereocenters. The van der Waals surface area contributed by atoms with E-state index < -0.39 is 6.10 Å². The highest BCUT2D eigenvalue weighted by atomic mass is 32.2. The molecule has 2 atom stereocenters. The molecule has 0 saturated heterocycles. The van der Waals surface area contributed by atoms with Crippen molar-refractivity contribution in [2.45, 2.75) is 23.4 Å². The fourth-order valence-electron chi connectivity index (χ4n) is 3.78. The minimum absolute atomic E-state index is 0.297. The SMILES string of the molecule is Cc1ccccc1-n1nnnc1SC(c1ccccc1)C(O)c1c[nH]c2ccccc12. The number of aromatic nitrogens is 5. The second kappa shape index (κ2) is 8.37. The van der Waals surface area contributed by atoms with Crippen LogP contribution in [0.1, 0.15) is 28.0 Å². The number of benzene rings is 3. The van der Waals surface area contributed by atoms with E-state index in [4.69, 9.17) is 0 Å². The maximum absolute atomic E-state index is 11.5. The summed E-state index contributed by atoms with van der Waals surface area (Å²) in [6, 6.07) is 26.0. The Morgan fingerprint density at radius 3 is 2.52 bits per heavy atom. The number of nitrogens with one attached hydrogen (secondary N) is 1. The molecule has 31 heavy (non-hydrogen) atoms. The van der Waals surface area contributed by atoms with E-state index in [1.54, 1.807) is 4.68 Å². The van der Waals surface area contributed by atoms with Crippen molar-refractivity contribution in [2.75, 3.05) is 0 Å². The van der Waals surface area contributed by atoms with Crippen molar-refractivity contribution in [1.82, 2.24) is 25.2 Å². The largest absolute Gasteiger partial charge is 0.387 e. The third-order valence-electron chi connectivity index (χ3n) is 5.37. The molecule has 154 valence electrons. The average Bonchev–Trinajstić information content (AvgIpc) is 3.45. The summed E-state index contributed by atoms with van der Waals surface area (Å²) in [6.45, 7) is 2.03. The minimum atomic E-state index is -0.759. The Morgan fingerprint density at radius 2 is 1.68 bits per heavy atom. The van der Waals surface area contributed by atoms with E-state index in [1.165, 1.54) is 11.8 Å². The van der Waals surface area contributed by atoms with Crippen molar-refractivity contribution in [3.8, 4) is 5.69 Å². The zero-order valence-corrected chi connectivity index (χ0v) is 17.7. The normalized spacial score (nSPS) is 13.4. The first kappa shape index (κ1) is 19.5. The minimum Gasteiger partial charge on any atom is -0.387 e. The molecule has 2 heterocycles. The van der Waals surface area contributed by atoms with Gasteiger partial charge in [-0.2, -0.15) is 4.68 Å². The van der Waals surface area contributed by atoms with Crippen LogP contribution in [0.3, 0.4) is 0 Å². The molecule has 2 N–H and O–H groups in total. The number of fused-ring (bicyclic) bond motifs is 1. The number of aromatic amines is 1. The van der Waals surface area contributed by atoms with Gasteiger partial charge in [0.05, 0.1) is 17.0 Å². The Balaban J connectivity index is 1.56. The van der Waals surface area contributed by atoms with Gasteiger partial charge in [-0.15, -0.1) is 5.10 Å². The quantitative estimate of drug-likeness (QED) is 0.372. The number of hydrogen-bond donors (Lipinski definition) is 2. The van der Waals surface area contributed by atoms with Crippen LogP contribution in [0.2, 0.25) is 0 Å². The molecule has 7 heteroatoms. The molecule has 5 rings (SSSR count). The average molecular weight is 428 g/mol. The first-order valence-electron chi connectivity index (χ1n) is 10.0. The molecular formula is C24H21N5OS. The van der Waals surface area contributed by atoms with Gasteiger partial charge in [0.15, 0.2) is 0 Å². The monoisotopic (exact) mass is 427 g/mol. The van der Waals surface area contributed by atoms with E-state index in [-0.39, 0.29) is 5.25 Å². The molecule has 0 fully saturated rings. The highest BCUT2D eigenvalue weighted by Gasteiger charge is 2.28. The summed E-state index contributed by atoms with van der Waals surface area (Å²) in [5.41, 5.74) is 4.85. The lowest BCUT2D eigenvalue weighted by atomic mass is 10.0. The van der Waals surface area contributed by atoms with Crippen molar-refractivity contribution < 1.29 is 5.11 Å². The Bertz CT molecular complexity index is 1310. The van der Waals surface area contributed by atoms with Gasteiger partial charge in [-0.3, -0.25) is 0 Å². The summed E-state index contributed by atoms with van der Waals surface area (Å²) >= 11 is 1.46. The predicted octanol–water partition coefficient (Wildman–Crippen LogP) is 5.02. The van der Waals surface area contributed by atoms with Crippen LogP contribution in [0.15, 0.2) is 90.2 Å². The summed E-state index contributed by atoms with van der Waals surface area (Å²) in [5, 5.41) is 25.3. The van der Waals surface area contributed by atoms with Crippen molar-refractivity contribution in [1.29, 1.82) is 0 Å². The van der Waals surface area contributed by atoms with Crippen LogP contribution in [0, 0.1) is 6.92 Å². The molecule has 0 aliphatic carbocycles. The third kappa shape index (κ3) is 3.73. The molecule has 0 saturated carbocycles. The Labute approximate surface area is 183 Å². The molecule has 6 nitrogen and oxygen atoms in total. The molecule has 2 aromatic heterocycles. The highest BCUT2D eigenvalue weighted by molar-refractivity contribution is 7.99. The summed E-state index contributed by atoms with van der Waals surface area (Å²) in [7, 11) is 0. The second-order valence-corrected chi connectivity index (χ2v) is 8.45. The maximum atomic E-state index is 11.5. The maximum Gasteiger partial charge on any atom is 0.214 e. The molecule has 5 aromatic rings. The molecule has 0 aliphatic heterocycles. The fourth-order valence-corrected chi connectivity index (χ4v) is 4.89. The fraction of sp³-hybridized carbons (Fsp3) is 0.125. The van der Waals surface area contributed by atoms with E-state index in [9.17, 15) is 5.11 Å². The number of aliphatic hydroxyl groups is 1. The lowest BCUT2D eigenvalue weighted by Gasteiger charge is -2.22. The first-order chi connectivity index (χ1) is 15.2. The van der Waals surface area contributed by atoms with Crippen molar-refractivity contribution in [3.63, 3.8) is 0 Å². The van der Waals surface area contributed by atoms with E-state index in [1.807, 2.05) is 92.0 Å². The van der Waals surface area contributed by atoms with Crippen LogP contribution in [0.4, 0.5) is 0 Å². The number of hydrogen-bond acceptors (Lipinski definition) is 5. The Kier molecular flexibility index (Phi) is 5.28. The zero-order chi connectivity index (χ0) is 21.2. The highest BCUT2D eigenvalue weighted by Crippen LogP contribution is 2.45. The number of H-pyrrole nitrogens is 1. The molecule has 0 amide bonds. The predicted molar refractivity (Wildman–Crippen MR) is 122 cm³/mol. The lowest BCUT2D eigenvalue weighted by molar-refractivity contribution is 0.176. The van der Waals surface area contributed by atoms with E-state index >= 15 is 0 Å². The number of rotatable bonds is 6. The van der Waals surface area contributed by atoms with Crippen LogP contribution < -0.4 is 0 Å². The van der Waals surface area contributed by atoms with E-state index in [0.717, 1.165) is 33.3 Å². The molecule has 0 aliphatic rings. The lowest BCUT2D eigenvalue weighted by Crippen LogP contribution is -2.10. The van der Waals surface area contributed by atoms with Gasteiger partial charge in [-0.1, -0.05) is 78.5 Å². The van der Waals surface area contributed by atoms with Crippen LogP contribution in [-0.4, -0.2) is 30.3 Å². The van der Waals surface area contributed by atoms with Crippen molar-refractivity contribution >= 4 is 22.7 Å². The molecular weight excluding hydrogens is 406 g/mol. The summed E-state index contributed by atoms with van der Waals surface area (Å²) in [6.07, 6.45) is 1.13. The summed E-state index contributed by atoms with van der Waals surface area (Å²) in [5.74, 6) is 0. The number of nitrogens with zero attached hydrogens (tertiary/aromatic N) is 4. The number of aliphatic hydroxyl groups excluding tert-OH is 1. The van der Waals surface area contributed by atoms with E-state index in [2.05, 4.69) is 20.5 Å². The van der Waals surface area contributed by atoms with Crippen LogP contribution in [0.5, 0.6) is 0 Å². The Morgan fingerprint density at radius 1 is 0.935 bits per heavy atom. The standard InChI is InChI=1S/C24H21N5OS/c1-16-9-5-8-14-21(16)29-24(26-27-28-29)31-23(17-10-3-2-4-11-17)22(30)19-15-25-20-13-7-6-12-18(19)20/h2-15,22-23,25,30H,1H3. The van der Waals surface area contributed by atoms with Crippen LogP contribution >= 0.6 is 11.8 Å². The van der Waals surface area contributed by atoms with Gasteiger partial charge < -0.3 is 10.1 Å². The Hall–Kier alpha value is -3.42. The molecule has 3 aromatic carbocycles. The van der Waals surface area contributed by atoms with Gasteiger partial charge in [0.25, 0.3) is 0 Å².